The van der Waals surface area contributed by atoms with Gasteiger partial charge >= 0.3 is 0 Å². The lowest BCUT2D eigenvalue weighted by Gasteiger charge is -2.13. The van der Waals surface area contributed by atoms with E-state index in [-0.39, 0.29) is 0 Å². The predicted molar refractivity (Wildman–Crippen MR) is 62.6 cm³/mol. The van der Waals surface area contributed by atoms with Crippen molar-refractivity contribution in [2.75, 3.05) is 19.8 Å². The Kier molecular flexibility index (Phi) is 9.55. The largest absolute Gasteiger partial charge is 0.380 e. The Hall–Kier alpha value is -0.590. The lowest BCUT2D eigenvalue weighted by atomic mass is 10.1. The van der Waals surface area contributed by atoms with Gasteiger partial charge in [-0.15, -0.1) is 0 Å². The molecule has 0 radical (unpaired) electrons. The minimum atomic E-state index is 0.323. The molecule has 0 amide bonds. The van der Waals surface area contributed by atoms with Crippen LogP contribution in [-0.4, -0.2) is 25.8 Å². The van der Waals surface area contributed by atoms with E-state index in [4.69, 9.17) is 10.00 Å². The number of hydrogen-bond acceptors (Lipinski definition) is 3. The second kappa shape index (κ2) is 9.95. The molecule has 88 valence electrons. The van der Waals surface area contributed by atoms with Gasteiger partial charge in [0.1, 0.15) is 0 Å². The summed E-state index contributed by atoms with van der Waals surface area (Å²) in [6.07, 6.45) is 2.71. The molecular weight excluding hydrogens is 188 g/mol. The van der Waals surface area contributed by atoms with E-state index in [0.29, 0.717) is 18.4 Å². The summed E-state index contributed by atoms with van der Waals surface area (Å²) >= 11 is 0. The van der Waals surface area contributed by atoms with Gasteiger partial charge in [-0.05, 0) is 18.8 Å². The Morgan fingerprint density at radius 3 is 2.60 bits per heavy atom. The molecule has 0 aromatic heterocycles. The molecule has 0 spiro atoms. The Morgan fingerprint density at radius 1 is 1.33 bits per heavy atom. The Morgan fingerprint density at radius 2 is 2.07 bits per heavy atom. The molecule has 0 rings (SSSR count). The Labute approximate surface area is 93.8 Å². The van der Waals surface area contributed by atoms with Gasteiger partial charge in [-0.25, -0.2) is 0 Å². The van der Waals surface area contributed by atoms with Crippen LogP contribution in [0.3, 0.4) is 0 Å². The van der Waals surface area contributed by atoms with Gasteiger partial charge in [0.2, 0.25) is 0 Å². The molecule has 3 heteroatoms. The third kappa shape index (κ3) is 9.71. The van der Waals surface area contributed by atoms with E-state index in [2.05, 4.69) is 32.2 Å². The maximum atomic E-state index is 8.55. The van der Waals surface area contributed by atoms with Crippen LogP contribution in [0.1, 0.15) is 40.0 Å². The maximum Gasteiger partial charge on any atom is 0.0638 e. The number of hydrogen-bond donors (Lipinski definition) is 1. The van der Waals surface area contributed by atoms with Crippen molar-refractivity contribution in [1.82, 2.24) is 5.32 Å². The van der Waals surface area contributed by atoms with Crippen LogP contribution in [0, 0.1) is 17.2 Å². The fraction of sp³-hybridized carbons (Fsp3) is 0.917. The van der Waals surface area contributed by atoms with Crippen molar-refractivity contribution in [1.29, 1.82) is 5.26 Å². The average Bonchev–Trinajstić information content (AvgIpc) is 2.21. The van der Waals surface area contributed by atoms with E-state index in [1.54, 1.807) is 0 Å². The second-order valence-corrected chi connectivity index (χ2v) is 4.22. The fourth-order valence-corrected chi connectivity index (χ4v) is 1.23. The molecular formula is C12H24N2O. The Bertz CT molecular complexity index is 175. The molecule has 1 unspecified atom stereocenters. The smallest absolute Gasteiger partial charge is 0.0638 e. The highest BCUT2D eigenvalue weighted by Gasteiger charge is 2.03. The van der Waals surface area contributed by atoms with Gasteiger partial charge < -0.3 is 10.1 Å². The normalized spacial score (nSPS) is 12.7. The summed E-state index contributed by atoms with van der Waals surface area (Å²) in [5.41, 5.74) is 0. The molecule has 0 fully saturated rings. The zero-order chi connectivity index (χ0) is 11.5. The Balaban J connectivity index is 3.26. The van der Waals surface area contributed by atoms with Crippen LogP contribution < -0.4 is 5.32 Å². The van der Waals surface area contributed by atoms with Gasteiger partial charge in [0, 0.05) is 19.2 Å². The molecule has 0 aliphatic rings. The summed E-state index contributed by atoms with van der Waals surface area (Å²) in [5, 5.41) is 11.9. The van der Waals surface area contributed by atoms with Gasteiger partial charge in [-0.3, -0.25) is 0 Å². The first-order chi connectivity index (χ1) is 7.20. The number of nitrogens with zero attached hydrogens (tertiary/aromatic N) is 1. The van der Waals surface area contributed by atoms with Gasteiger partial charge in [0.25, 0.3) is 0 Å². The first kappa shape index (κ1) is 14.4. The van der Waals surface area contributed by atoms with Crippen LogP contribution >= 0.6 is 0 Å². The molecule has 0 aliphatic carbocycles. The first-order valence-electron chi connectivity index (χ1n) is 5.88. The van der Waals surface area contributed by atoms with Gasteiger partial charge in [0.15, 0.2) is 0 Å². The second-order valence-electron chi connectivity index (χ2n) is 4.22. The van der Waals surface area contributed by atoms with E-state index in [1.807, 2.05) is 0 Å². The first-order valence-corrected chi connectivity index (χ1v) is 5.88. The van der Waals surface area contributed by atoms with Crippen LogP contribution in [0.4, 0.5) is 0 Å². The molecule has 1 N–H and O–H groups in total. The van der Waals surface area contributed by atoms with Crippen LogP contribution in [-0.2, 0) is 4.74 Å². The van der Waals surface area contributed by atoms with E-state index in [9.17, 15) is 0 Å². The van der Waals surface area contributed by atoms with Crippen molar-refractivity contribution < 1.29 is 4.74 Å². The molecule has 1 atom stereocenters. The van der Waals surface area contributed by atoms with Crippen molar-refractivity contribution in [3.8, 4) is 6.07 Å². The summed E-state index contributed by atoms with van der Waals surface area (Å²) in [5.74, 6) is 0.708. The minimum absolute atomic E-state index is 0.323. The molecule has 0 aliphatic heterocycles. The van der Waals surface area contributed by atoms with Crippen molar-refractivity contribution in [3.63, 3.8) is 0 Å². The summed E-state index contributed by atoms with van der Waals surface area (Å²) < 4.78 is 5.47. The molecule has 0 saturated heterocycles. The minimum Gasteiger partial charge on any atom is -0.380 e. The van der Waals surface area contributed by atoms with Crippen molar-refractivity contribution in [3.05, 3.63) is 0 Å². The van der Waals surface area contributed by atoms with Crippen molar-refractivity contribution in [2.45, 2.75) is 46.1 Å². The number of rotatable bonds is 9. The zero-order valence-corrected chi connectivity index (χ0v) is 10.3. The lowest BCUT2D eigenvalue weighted by Crippen LogP contribution is -2.31. The molecule has 0 heterocycles. The lowest BCUT2D eigenvalue weighted by molar-refractivity contribution is 0.123. The molecule has 0 bridgehead atoms. The molecule has 0 aromatic carbocycles. The maximum absolute atomic E-state index is 8.55. The number of nitrogens with one attached hydrogen (secondary N) is 1. The SMILES string of the molecule is CCC(CC#N)NCCOCCC(C)C. The van der Waals surface area contributed by atoms with E-state index in [0.717, 1.165) is 32.6 Å². The molecule has 15 heavy (non-hydrogen) atoms. The van der Waals surface area contributed by atoms with Gasteiger partial charge in [-0.1, -0.05) is 20.8 Å². The highest BCUT2D eigenvalue weighted by Crippen LogP contribution is 1.99. The van der Waals surface area contributed by atoms with Crippen LogP contribution in [0.2, 0.25) is 0 Å². The predicted octanol–water partition coefficient (Wildman–Crippen LogP) is 2.33. The molecule has 0 aromatic rings. The molecule has 3 nitrogen and oxygen atoms in total. The highest BCUT2D eigenvalue weighted by molar-refractivity contribution is 4.79. The van der Waals surface area contributed by atoms with E-state index in [1.165, 1.54) is 0 Å². The van der Waals surface area contributed by atoms with E-state index >= 15 is 0 Å². The highest BCUT2D eigenvalue weighted by atomic mass is 16.5. The molecule has 0 saturated carbocycles. The third-order valence-corrected chi connectivity index (χ3v) is 2.35. The quantitative estimate of drug-likeness (QED) is 0.597. The third-order valence-electron chi connectivity index (χ3n) is 2.35. The van der Waals surface area contributed by atoms with Crippen molar-refractivity contribution >= 4 is 0 Å². The van der Waals surface area contributed by atoms with Gasteiger partial charge in [-0.2, -0.15) is 5.26 Å². The standard InChI is InChI=1S/C12H24N2O/c1-4-12(5-7-13)14-8-10-15-9-6-11(2)3/h11-12,14H,4-6,8-10H2,1-3H3. The summed E-state index contributed by atoms with van der Waals surface area (Å²) in [4.78, 5) is 0. The zero-order valence-electron chi connectivity index (χ0n) is 10.3. The van der Waals surface area contributed by atoms with Crippen LogP contribution in [0.25, 0.3) is 0 Å². The van der Waals surface area contributed by atoms with Crippen LogP contribution in [0.5, 0.6) is 0 Å². The number of ether oxygens (including phenoxy) is 1. The summed E-state index contributed by atoms with van der Waals surface area (Å²) in [6.45, 7) is 8.92. The van der Waals surface area contributed by atoms with Crippen molar-refractivity contribution in [2.24, 2.45) is 5.92 Å². The topological polar surface area (TPSA) is 45.0 Å². The fourth-order valence-electron chi connectivity index (χ4n) is 1.23. The summed E-state index contributed by atoms with van der Waals surface area (Å²) in [7, 11) is 0. The average molecular weight is 212 g/mol. The van der Waals surface area contributed by atoms with E-state index < -0.39 is 0 Å². The monoisotopic (exact) mass is 212 g/mol. The van der Waals surface area contributed by atoms with Crippen LogP contribution in [0.15, 0.2) is 0 Å². The number of nitriles is 1. The van der Waals surface area contributed by atoms with Gasteiger partial charge in [0.05, 0.1) is 19.1 Å². The summed E-state index contributed by atoms with van der Waals surface area (Å²) in [6, 6.07) is 2.51.